The lowest BCUT2D eigenvalue weighted by molar-refractivity contribution is 0.0959. The van der Waals surface area contributed by atoms with Gasteiger partial charge in [-0.25, -0.2) is 4.39 Å². The largest absolute Gasteiger partial charge is 0.488 e. The van der Waals surface area contributed by atoms with Gasteiger partial charge >= 0.3 is 0 Å². The number of benzene rings is 1. The van der Waals surface area contributed by atoms with Gasteiger partial charge < -0.3 is 15.2 Å². The Morgan fingerprint density at radius 2 is 1.82 bits per heavy atom. The van der Waals surface area contributed by atoms with Crippen LogP contribution in [-0.2, 0) is 4.74 Å². The van der Waals surface area contributed by atoms with Crippen molar-refractivity contribution in [3.8, 4) is 5.75 Å². The van der Waals surface area contributed by atoms with Crippen molar-refractivity contribution in [1.29, 1.82) is 0 Å². The van der Waals surface area contributed by atoms with E-state index in [2.05, 4.69) is 0 Å². The molecule has 0 aliphatic carbocycles. The predicted octanol–water partition coefficient (Wildman–Crippen LogP) is 2.35. The fourth-order valence-corrected chi connectivity index (χ4v) is 1.40. The first-order valence-electron chi connectivity index (χ1n) is 5.99. The molecule has 0 heterocycles. The molecule has 0 aliphatic heterocycles. The van der Waals surface area contributed by atoms with Gasteiger partial charge in [0.15, 0.2) is 11.6 Å². The van der Waals surface area contributed by atoms with Crippen LogP contribution < -0.4 is 10.5 Å². The van der Waals surface area contributed by atoms with Gasteiger partial charge in [-0.3, -0.25) is 0 Å². The Balaban J connectivity index is 1.99. The number of para-hydroxylation sites is 1. The van der Waals surface area contributed by atoms with Gasteiger partial charge in [-0.2, -0.15) is 0 Å². The highest BCUT2D eigenvalue weighted by Gasteiger charge is 2.00. The molecular formula is C13H20FNO2. The summed E-state index contributed by atoms with van der Waals surface area (Å²) in [5, 5.41) is 0. The molecule has 96 valence electrons. The van der Waals surface area contributed by atoms with E-state index in [1.54, 1.807) is 18.2 Å². The van der Waals surface area contributed by atoms with Gasteiger partial charge in [0.1, 0.15) is 6.61 Å². The van der Waals surface area contributed by atoms with Crippen LogP contribution in [-0.4, -0.2) is 26.4 Å². The van der Waals surface area contributed by atoms with Gasteiger partial charge in [-0.05, 0) is 37.9 Å². The predicted molar refractivity (Wildman–Crippen MR) is 65.6 cm³/mol. The summed E-state index contributed by atoms with van der Waals surface area (Å²) >= 11 is 0. The van der Waals surface area contributed by atoms with Crippen LogP contribution in [0.25, 0.3) is 0 Å². The summed E-state index contributed by atoms with van der Waals surface area (Å²) in [4.78, 5) is 0. The third kappa shape index (κ3) is 6.24. The molecule has 0 spiro atoms. The number of halogens is 1. The minimum absolute atomic E-state index is 0.277. The van der Waals surface area contributed by atoms with Crippen LogP contribution in [0.4, 0.5) is 4.39 Å². The molecule has 0 saturated carbocycles. The van der Waals surface area contributed by atoms with E-state index in [1.807, 2.05) is 0 Å². The molecule has 17 heavy (non-hydrogen) atoms. The zero-order valence-electron chi connectivity index (χ0n) is 10.0. The first kappa shape index (κ1) is 13.9. The van der Waals surface area contributed by atoms with Gasteiger partial charge in [0.2, 0.25) is 0 Å². The maximum Gasteiger partial charge on any atom is 0.165 e. The highest BCUT2D eigenvalue weighted by molar-refractivity contribution is 5.23. The highest BCUT2D eigenvalue weighted by atomic mass is 19.1. The monoisotopic (exact) mass is 241 g/mol. The van der Waals surface area contributed by atoms with Crippen LogP contribution >= 0.6 is 0 Å². The Labute approximate surface area is 102 Å². The van der Waals surface area contributed by atoms with Gasteiger partial charge in [-0.15, -0.1) is 0 Å². The molecule has 3 nitrogen and oxygen atoms in total. The summed E-state index contributed by atoms with van der Waals surface area (Å²) in [6.45, 7) is 2.30. The molecule has 4 heteroatoms. The number of ether oxygens (including phenoxy) is 2. The van der Waals surface area contributed by atoms with Crippen LogP contribution in [0.15, 0.2) is 24.3 Å². The maximum absolute atomic E-state index is 13.1. The van der Waals surface area contributed by atoms with Crippen LogP contribution in [0.1, 0.15) is 19.3 Å². The van der Waals surface area contributed by atoms with Gasteiger partial charge in [0, 0.05) is 6.61 Å². The molecule has 0 saturated heterocycles. The van der Waals surface area contributed by atoms with E-state index < -0.39 is 0 Å². The van der Waals surface area contributed by atoms with Gasteiger partial charge in [0.25, 0.3) is 0 Å². The van der Waals surface area contributed by atoms with Crippen LogP contribution in [0.5, 0.6) is 5.75 Å². The van der Waals surface area contributed by atoms with Crippen LogP contribution in [0, 0.1) is 5.82 Å². The lowest BCUT2D eigenvalue weighted by Crippen LogP contribution is -2.08. The van der Waals surface area contributed by atoms with Crippen LogP contribution in [0.2, 0.25) is 0 Å². The zero-order chi connectivity index (χ0) is 12.3. The molecule has 0 aliphatic rings. The Kier molecular flexibility index (Phi) is 7.34. The molecule has 0 bridgehead atoms. The molecule has 0 atom stereocenters. The van der Waals surface area contributed by atoms with E-state index in [9.17, 15) is 4.39 Å². The summed E-state index contributed by atoms with van der Waals surface area (Å²) in [5.74, 6) is -0.0605. The average Bonchev–Trinajstić information content (AvgIpc) is 2.35. The standard InChI is InChI=1S/C13H20FNO2/c14-12-6-2-3-7-13(12)17-11-10-16-9-5-1-4-8-15/h2-3,6-7H,1,4-5,8-11,15H2. The number of nitrogens with two attached hydrogens (primary N) is 1. The second-order valence-corrected chi connectivity index (χ2v) is 3.74. The highest BCUT2D eigenvalue weighted by Crippen LogP contribution is 2.14. The summed E-state index contributed by atoms with van der Waals surface area (Å²) in [5.41, 5.74) is 5.37. The Hall–Kier alpha value is -1.13. The summed E-state index contributed by atoms with van der Waals surface area (Å²) < 4.78 is 23.7. The van der Waals surface area contributed by atoms with Crippen LogP contribution in [0.3, 0.4) is 0 Å². The minimum atomic E-state index is -0.338. The van der Waals surface area contributed by atoms with Crippen molar-refractivity contribution < 1.29 is 13.9 Å². The second kappa shape index (κ2) is 8.96. The molecule has 0 fully saturated rings. The zero-order valence-corrected chi connectivity index (χ0v) is 10.0. The quantitative estimate of drug-likeness (QED) is 0.675. The smallest absolute Gasteiger partial charge is 0.165 e. The molecule has 0 radical (unpaired) electrons. The number of hydrogen-bond acceptors (Lipinski definition) is 3. The molecule has 0 unspecified atom stereocenters. The summed E-state index contributed by atoms with van der Waals surface area (Å²) in [6, 6.07) is 6.36. The summed E-state index contributed by atoms with van der Waals surface area (Å²) in [6.07, 6.45) is 3.14. The lowest BCUT2D eigenvalue weighted by Gasteiger charge is -2.07. The fourth-order valence-electron chi connectivity index (χ4n) is 1.40. The fraction of sp³-hybridized carbons (Fsp3) is 0.538. The van der Waals surface area contributed by atoms with E-state index in [-0.39, 0.29) is 11.6 Å². The van der Waals surface area contributed by atoms with Gasteiger partial charge in [-0.1, -0.05) is 12.1 Å². The molecule has 1 rings (SSSR count). The molecular weight excluding hydrogens is 221 g/mol. The third-order valence-corrected chi connectivity index (χ3v) is 2.31. The Morgan fingerprint density at radius 3 is 2.59 bits per heavy atom. The van der Waals surface area contributed by atoms with Crippen molar-refractivity contribution >= 4 is 0 Å². The number of rotatable bonds is 9. The average molecular weight is 241 g/mol. The Bertz CT molecular complexity index is 307. The lowest BCUT2D eigenvalue weighted by atomic mass is 10.2. The number of hydrogen-bond donors (Lipinski definition) is 1. The summed E-state index contributed by atoms with van der Waals surface area (Å²) in [7, 11) is 0. The van der Waals surface area contributed by atoms with Crippen molar-refractivity contribution in [1.82, 2.24) is 0 Å². The van der Waals surface area contributed by atoms with Gasteiger partial charge in [0.05, 0.1) is 6.61 Å². The first-order valence-corrected chi connectivity index (χ1v) is 5.99. The minimum Gasteiger partial charge on any atom is -0.488 e. The SMILES string of the molecule is NCCCCCOCCOc1ccccc1F. The third-order valence-electron chi connectivity index (χ3n) is 2.31. The van der Waals surface area contributed by atoms with Crippen molar-refractivity contribution in [2.45, 2.75) is 19.3 Å². The van der Waals surface area contributed by atoms with E-state index in [0.717, 1.165) is 25.8 Å². The molecule has 2 N–H and O–H groups in total. The second-order valence-electron chi connectivity index (χ2n) is 3.74. The topological polar surface area (TPSA) is 44.5 Å². The van der Waals surface area contributed by atoms with E-state index >= 15 is 0 Å². The van der Waals surface area contributed by atoms with E-state index in [4.69, 9.17) is 15.2 Å². The molecule has 1 aromatic rings. The molecule has 0 amide bonds. The van der Waals surface area contributed by atoms with Crippen molar-refractivity contribution in [2.75, 3.05) is 26.4 Å². The van der Waals surface area contributed by atoms with Crippen molar-refractivity contribution in [3.05, 3.63) is 30.1 Å². The maximum atomic E-state index is 13.1. The van der Waals surface area contributed by atoms with Crippen molar-refractivity contribution in [3.63, 3.8) is 0 Å². The normalized spacial score (nSPS) is 10.5. The van der Waals surface area contributed by atoms with E-state index in [0.29, 0.717) is 19.8 Å². The van der Waals surface area contributed by atoms with E-state index in [1.165, 1.54) is 6.07 Å². The van der Waals surface area contributed by atoms with Crippen molar-refractivity contribution in [2.24, 2.45) is 5.73 Å². The number of unbranched alkanes of at least 4 members (excludes halogenated alkanes) is 2. The first-order chi connectivity index (χ1) is 8.34. The molecule has 0 aromatic heterocycles. The Morgan fingerprint density at radius 1 is 1.00 bits per heavy atom. The molecule has 1 aromatic carbocycles.